The molecule has 0 radical (unpaired) electrons. The third kappa shape index (κ3) is 2.48. The molecule has 3 fully saturated rings. The number of likely N-dealkylation sites (tertiary alicyclic amines) is 2. The molecule has 1 aliphatic carbocycles. The molecule has 2 aliphatic heterocycles. The Labute approximate surface area is 125 Å². The molecule has 2 saturated heterocycles. The number of carbonyl (C=O) groups is 1. The molecule has 4 rings (SSSR count). The molecular formula is C16H23N3O2. The Balaban J connectivity index is 1.44. The molecule has 3 aliphatic rings. The standard InChI is InChI=1S/C16H23N3O2/c1-18-7-2-3-12-10-19(8-6-14(12)18)16(20)13-9-15(21-17-13)11-4-5-11/h9,11-12,14H,2-8,10H2,1H3. The highest BCUT2D eigenvalue weighted by Crippen LogP contribution is 2.40. The lowest BCUT2D eigenvalue weighted by molar-refractivity contribution is 0.0311. The summed E-state index contributed by atoms with van der Waals surface area (Å²) >= 11 is 0. The molecular weight excluding hydrogens is 266 g/mol. The first kappa shape index (κ1) is 13.3. The Morgan fingerprint density at radius 1 is 1.29 bits per heavy atom. The zero-order valence-corrected chi connectivity index (χ0v) is 12.6. The van der Waals surface area contributed by atoms with Crippen LogP contribution in [0.3, 0.4) is 0 Å². The molecule has 3 heterocycles. The van der Waals surface area contributed by atoms with E-state index in [1.807, 2.05) is 11.0 Å². The third-order valence-corrected chi connectivity index (χ3v) is 5.36. The second kappa shape index (κ2) is 5.13. The van der Waals surface area contributed by atoms with Crippen molar-refractivity contribution >= 4 is 5.91 Å². The Morgan fingerprint density at radius 2 is 2.14 bits per heavy atom. The van der Waals surface area contributed by atoms with E-state index in [-0.39, 0.29) is 5.91 Å². The largest absolute Gasteiger partial charge is 0.360 e. The quantitative estimate of drug-likeness (QED) is 0.836. The van der Waals surface area contributed by atoms with Gasteiger partial charge >= 0.3 is 0 Å². The van der Waals surface area contributed by atoms with Crippen LogP contribution in [-0.2, 0) is 0 Å². The molecule has 21 heavy (non-hydrogen) atoms. The zero-order valence-electron chi connectivity index (χ0n) is 12.6. The van der Waals surface area contributed by atoms with Crippen molar-refractivity contribution in [3.05, 3.63) is 17.5 Å². The highest BCUT2D eigenvalue weighted by Gasteiger charge is 2.37. The van der Waals surface area contributed by atoms with Gasteiger partial charge in [-0.2, -0.15) is 0 Å². The van der Waals surface area contributed by atoms with E-state index >= 15 is 0 Å². The second-order valence-corrected chi connectivity index (χ2v) is 6.88. The number of rotatable bonds is 2. The highest BCUT2D eigenvalue weighted by atomic mass is 16.5. The molecule has 0 N–H and O–H groups in total. The van der Waals surface area contributed by atoms with Crippen LogP contribution in [0.4, 0.5) is 0 Å². The maximum Gasteiger partial charge on any atom is 0.276 e. The molecule has 114 valence electrons. The van der Waals surface area contributed by atoms with Crippen molar-refractivity contribution in [3.8, 4) is 0 Å². The molecule has 5 heteroatoms. The predicted octanol–water partition coefficient (Wildman–Crippen LogP) is 2.11. The van der Waals surface area contributed by atoms with Crippen LogP contribution in [-0.4, -0.2) is 53.6 Å². The summed E-state index contributed by atoms with van der Waals surface area (Å²) in [5.74, 6) is 2.08. The molecule has 2 atom stereocenters. The summed E-state index contributed by atoms with van der Waals surface area (Å²) in [4.78, 5) is 17.1. The maximum absolute atomic E-state index is 12.6. The molecule has 0 bridgehead atoms. The molecule has 1 aromatic rings. The van der Waals surface area contributed by atoms with E-state index in [0.29, 0.717) is 23.6 Å². The number of nitrogens with zero attached hydrogens (tertiary/aromatic N) is 3. The van der Waals surface area contributed by atoms with E-state index in [0.717, 1.165) is 25.3 Å². The summed E-state index contributed by atoms with van der Waals surface area (Å²) in [6.07, 6.45) is 5.91. The van der Waals surface area contributed by atoms with Crippen molar-refractivity contribution in [1.82, 2.24) is 15.0 Å². The van der Waals surface area contributed by atoms with Crippen molar-refractivity contribution < 1.29 is 9.32 Å². The average molecular weight is 289 g/mol. The fraction of sp³-hybridized carbons (Fsp3) is 0.750. The number of amides is 1. The van der Waals surface area contributed by atoms with Gasteiger partial charge in [-0.1, -0.05) is 5.16 Å². The van der Waals surface area contributed by atoms with Crippen molar-refractivity contribution in [2.75, 3.05) is 26.7 Å². The van der Waals surface area contributed by atoms with E-state index in [1.54, 1.807) is 0 Å². The van der Waals surface area contributed by atoms with Crippen LogP contribution in [0, 0.1) is 5.92 Å². The van der Waals surface area contributed by atoms with Gasteiger partial charge in [-0.25, -0.2) is 0 Å². The first-order valence-electron chi connectivity index (χ1n) is 8.18. The number of hydrogen-bond acceptors (Lipinski definition) is 4. The van der Waals surface area contributed by atoms with Crippen LogP contribution >= 0.6 is 0 Å². The predicted molar refractivity (Wildman–Crippen MR) is 78.1 cm³/mol. The zero-order chi connectivity index (χ0) is 14.4. The van der Waals surface area contributed by atoms with Gasteiger partial charge in [-0.3, -0.25) is 4.79 Å². The van der Waals surface area contributed by atoms with Gasteiger partial charge in [-0.15, -0.1) is 0 Å². The van der Waals surface area contributed by atoms with Gasteiger partial charge < -0.3 is 14.3 Å². The van der Waals surface area contributed by atoms with Gasteiger partial charge in [0.1, 0.15) is 5.76 Å². The molecule has 0 aromatic carbocycles. The summed E-state index contributed by atoms with van der Waals surface area (Å²) in [6.45, 7) is 2.92. The number of hydrogen-bond donors (Lipinski definition) is 0. The lowest BCUT2D eigenvalue weighted by atomic mass is 9.84. The van der Waals surface area contributed by atoms with Crippen LogP contribution in [0.15, 0.2) is 10.6 Å². The van der Waals surface area contributed by atoms with E-state index in [1.165, 1.54) is 32.2 Å². The number of carbonyl (C=O) groups excluding carboxylic acids is 1. The normalized spacial score (nSPS) is 30.2. The minimum absolute atomic E-state index is 0.0531. The SMILES string of the molecule is CN1CCCC2CN(C(=O)c3cc(C4CC4)on3)CCC21. The summed E-state index contributed by atoms with van der Waals surface area (Å²) < 4.78 is 5.32. The van der Waals surface area contributed by atoms with Gasteiger partial charge in [0, 0.05) is 31.1 Å². The van der Waals surface area contributed by atoms with E-state index < -0.39 is 0 Å². The molecule has 5 nitrogen and oxygen atoms in total. The molecule has 1 saturated carbocycles. The Morgan fingerprint density at radius 3 is 2.95 bits per heavy atom. The van der Waals surface area contributed by atoms with Crippen molar-refractivity contribution in [3.63, 3.8) is 0 Å². The van der Waals surface area contributed by atoms with Crippen LogP contribution in [0.1, 0.15) is 54.3 Å². The lowest BCUT2D eigenvalue weighted by Gasteiger charge is -2.45. The topological polar surface area (TPSA) is 49.6 Å². The van der Waals surface area contributed by atoms with Crippen molar-refractivity contribution in [2.45, 2.75) is 44.1 Å². The van der Waals surface area contributed by atoms with Crippen LogP contribution in [0.2, 0.25) is 0 Å². The first-order chi connectivity index (χ1) is 10.2. The fourth-order valence-electron chi connectivity index (χ4n) is 3.95. The smallest absolute Gasteiger partial charge is 0.276 e. The summed E-state index contributed by atoms with van der Waals surface area (Å²) in [5.41, 5.74) is 0.500. The molecule has 0 spiro atoms. The minimum atomic E-state index is 0.0531. The average Bonchev–Trinajstić information content (AvgIpc) is 3.24. The van der Waals surface area contributed by atoms with E-state index in [2.05, 4.69) is 17.1 Å². The second-order valence-electron chi connectivity index (χ2n) is 6.88. The van der Waals surface area contributed by atoms with Gasteiger partial charge in [-0.05, 0) is 51.6 Å². The monoisotopic (exact) mass is 289 g/mol. The number of piperidine rings is 2. The third-order valence-electron chi connectivity index (χ3n) is 5.36. The fourth-order valence-corrected chi connectivity index (χ4v) is 3.95. The van der Waals surface area contributed by atoms with Crippen molar-refractivity contribution in [1.29, 1.82) is 0 Å². The van der Waals surface area contributed by atoms with Crippen LogP contribution in [0.5, 0.6) is 0 Å². The molecule has 1 aromatic heterocycles. The van der Waals surface area contributed by atoms with Gasteiger partial charge in [0.05, 0.1) is 0 Å². The Kier molecular flexibility index (Phi) is 3.25. The van der Waals surface area contributed by atoms with Crippen LogP contribution < -0.4 is 0 Å². The highest BCUT2D eigenvalue weighted by molar-refractivity contribution is 5.92. The van der Waals surface area contributed by atoms with E-state index in [4.69, 9.17) is 4.52 Å². The first-order valence-corrected chi connectivity index (χ1v) is 8.18. The lowest BCUT2D eigenvalue weighted by Crippen LogP contribution is -2.53. The number of fused-ring (bicyclic) bond motifs is 1. The van der Waals surface area contributed by atoms with Gasteiger partial charge in [0.2, 0.25) is 0 Å². The Hall–Kier alpha value is -1.36. The summed E-state index contributed by atoms with van der Waals surface area (Å²) in [5, 5.41) is 3.99. The molecule has 2 unspecified atom stereocenters. The summed E-state index contributed by atoms with van der Waals surface area (Å²) in [6, 6.07) is 2.51. The van der Waals surface area contributed by atoms with Gasteiger partial charge in [0.25, 0.3) is 5.91 Å². The van der Waals surface area contributed by atoms with Crippen LogP contribution in [0.25, 0.3) is 0 Å². The summed E-state index contributed by atoms with van der Waals surface area (Å²) in [7, 11) is 2.22. The van der Waals surface area contributed by atoms with Gasteiger partial charge in [0.15, 0.2) is 5.69 Å². The Bertz CT molecular complexity index is 537. The van der Waals surface area contributed by atoms with Crippen molar-refractivity contribution in [2.24, 2.45) is 5.92 Å². The van der Waals surface area contributed by atoms with E-state index in [9.17, 15) is 4.79 Å². The maximum atomic E-state index is 12.6. The number of aromatic nitrogens is 1. The molecule has 1 amide bonds. The minimum Gasteiger partial charge on any atom is -0.360 e.